The summed E-state index contributed by atoms with van der Waals surface area (Å²) in [4.78, 5) is 38.4. The summed E-state index contributed by atoms with van der Waals surface area (Å²) in [5, 5.41) is 22.4. The summed E-state index contributed by atoms with van der Waals surface area (Å²) in [7, 11) is 1.38. The first-order chi connectivity index (χ1) is 18.3. The SMILES string of the molecule is COc1cc(-c2ncnc3c(C(=O)N[C@@H]4CCN(C(=O)CO)C[C@H]4O)c(C)[nH]c23)c(OCC2CC2)cc1F. The van der Waals surface area contributed by atoms with Crippen LogP contribution >= 0.6 is 0 Å². The fourth-order valence-electron chi connectivity index (χ4n) is 4.76. The largest absolute Gasteiger partial charge is 0.494 e. The molecular weight excluding hydrogens is 497 g/mol. The van der Waals surface area contributed by atoms with Gasteiger partial charge in [0.1, 0.15) is 29.9 Å². The number of hydrogen-bond donors (Lipinski definition) is 4. The van der Waals surface area contributed by atoms with Crippen molar-refractivity contribution in [3.05, 3.63) is 35.5 Å². The molecule has 0 spiro atoms. The first-order valence-electron chi connectivity index (χ1n) is 12.5. The van der Waals surface area contributed by atoms with Gasteiger partial charge in [-0.1, -0.05) is 0 Å². The van der Waals surface area contributed by atoms with Crippen LogP contribution in [0.15, 0.2) is 18.5 Å². The van der Waals surface area contributed by atoms with Gasteiger partial charge in [-0.2, -0.15) is 0 Å². The van der Waals surface area contributed by atoms with Crippen LogP contribution < -0.4 is 14.8 Å². The Hall–Kier alpha value is -3.77. The van der Waals surface area contributed by atoms with E-state index in [4.69, 9.17) is 14.6 Å². The second-order valence-electron chi connectivity index (χ2n) is 9.74. The van der Waals surface area contributed by atoms with Crippen molar-refractivity contribution < 1.29 is 33.7 Å². The van der Waals surface area contributed by atoms with Crippen LogP contribution in [-0.2, 0) is 4.79 Å². The number of aliphatic hydroxyl groups excluding tert-OH is 2. The molecule has 1 saturated carbocycles. The molecule has 1 aliphatic carbocycles. The van der Waals surface area contributed by atoms with E-state index in [-0.39, 0.29) is 12.3 Å². The van der Waals surface area contributed by atoms with E-state index in [2.05, 4.69) is 20.3 Å². The second-order valence-corrected chi connectivity index (χ2v) is 9.74. The van der Waals surface area contributed by atoms with E-state index in [1.165, 1.54) is 30.5 Å². The zero-order valence-electron chi connectivity index (χ0n) is 21.2. The third-order valence-electron chi connectivity index (χ3n) is 7.07. The van der Waals surface area contributed by atoms with E-state index in [1.807, 2.05) is 0 Å². The molecule has 2 aromatic heterocycles. The van der Waals surface area contributed by atoms with E-state index in [0.717, 1.165) is 12.8 Å². The highest BCUT2D eigenvalue weighted by Gasteiger charge is 2.32. The van der Waals surface area contributed by atoms with E-state index in [1.54, 1.807) is 6.92 Å². The number of rotatable bonds is 8. The fourth-order valence-corrected chi connectivity index (χ4v) is 4.76. The first-order valence-corrected chi connectivity index (χ1v) is 12.5. The van der Waals surface area contributed by atoms with Crippen LogP contribution in [0.5, 0.6) is 11.5 Å². The van der Waals surface area contributed by atoms with Gasteiger partial charge in [0.05, 0.1) is 36.9 Å². The smallest absolute Gasteiger partial charge is 0.255 e. The number of H-pyrrole nitrogens is 1. The van der Waals surface area contributed by atoms with Crippen molar-refractivity contribution in [3.8, 4) is 22.8 Å². The maximum absolute atomic E-state index is 14.6. The van der Waals surface area contributed by atoms with E-state index in [0.29, 0.717) is 64.8 Å². The summed E-state index contributed by atoms with van der Waals surface area (Å²) >= 11 is 0. The number of ether oxygens (including phenoxy) is 2. The molecule has 2 atom stereocenters. The number of amides is 2. The summed E-state index contributed by atoms with van der Waals surface area (Å²) in [5.41, 5.74) is 2.60. The number of carbonyl (C=O) groups is 2. The number of halogens is 1. The average molecular weight is 528 g/mol. The van der Waals surface area contributed by atoms with Gasteiger partial charge < -0.3 is 34.9 Å². The summed E-state index contributed by atoms with van der Waals surface area (Å²) in [6.07, 6.45) is 2.82. The van der Waals surface area contributed by atoms with E-state index >= 15 is 0 Å². The van der Waals surface area contributed by atoms with Crippen LogP contribution in [0, 0.1) is 18.7 Å². The lowest BCUT2D eigenvalue weighted by molar-refractivity contribution is -0.137. The Kier molecular flexibility index (Phi) is 7.17. The number of piperidine rings is 1. The zero-order valence-corrected chi connectivity index (χ0v) is 21.2. The van der Waals surface area contributed by atoms with Gasteiger partial charge in [0.15, 0.2) is 11.6 Å². The molecule has 3 heterocycles. The number of β-amino-alcohol motifs (C(OH)–C–C–N with tert-alkyl or cyclic N) is 1. The molecule has 1 aliphatic heterocycles. The number of benzene rings is 1. The Bertz CT molecular complexity index is 1370. The predicted octanol–water partition coefficient (Wildman–Crippen LogP) is 1.55. The number of methoxy groups -OCH3 is 1. The van der Waals surface area contributed by atoms with Gasteiger partial charge in [0, 0.05) is 30.4 Å². The summed E-state index contributed by atoms with van der Waals surface area (Å²) < 4.78 is 25.7. The third-order valence-corrected chi connectivity index (χ3v) is 7.07. The summed E-state index contributed by atoms with van der Waals surface area (Å²) in [6.45, 7) is 1.88. The quantitative estimate of drug-likeness (QED) is 0.345. The first kappa shape index (κ1) is 25.9. The Morgan fingerprint density at radius 1 is 1.24 bits per heavy atom. The number of nitrogens with one attached hydrogen (secondary N) is 2. The zero-order chi connectivity index (χ0) is 27.0. The van der Waals surface area contributed by atoms with Crippen LogP contribution in [0.1, 0.15) is 35.3 Å². The van der Waals surface area contributed by atoms with Crippen molar-refractivity contribution >= 4 is 22.8 Å². The van der Waals surface area contributed by atoms with Crippen LogP contribution in [0.4, 0.5) is 4.39 Å². The molecule has 1 saturated heterocycles. The van der Waals surface area contributed by atoms with Crippen molar-refractivity contribution in [3.63, 3.8) is 0 Å². The summed E-state index contributed by atoms with van der Waals surface area (Å²) in [5.74, 6) is -0.659. The number of aryl methyl sites for hydroxylation is 1. The molecule has 12 heteroatoms. The lowest BCUT2D eigenvalue weighted by Crippen LogP contribution is -2.55. The molecule has 5 rings (SSSR count). The normalized spacial score (nSPS) is 19.4. The maximum Gasteiger partial charge on any atom is 0.255 e. The van der Waals surface area contributed by atoms with Gasteiger partial charge in [0.25, 0.3) is 5.91 Å². The van der Waals surface area contributed by atoms with Crippen molar-refractivity contribution in [2.75, 3.05) is 33.4 Å². The van der Waals surface area contributed by atoms with Gasteiger partial charge in [-0.25, -0.2) is 14.4 Å². The van der Waals surface area contributed by atoms with Gasteiger partial charge in [-0.05, 0) is 38.2 Å². The number of aromatic amines is 1. The van der Waals surface area contributed by atoms with Crippen molar-refractivity contribution in [1.29, 1.82) is 0 Å². The molecule has 3 aromatic rings. The average Bonchev–Trinajstić information content (AvgIpc) is 3.67. The van der Waals surface area contributed by atoms with Crippen LogP contribution in [0.25, 0.3) is 22.3 Å². The molecule has 4 N–H and O–H groups in total. The van der Waals surface area contributed by atoms with Gasteiger partial charge in [-0.15, -0.1) is 0 Å². The molecule has 1 aromatic carbocycles. The molecule has 0 bridgehead atoms. The molecule has 2 amide bonds. The number of nitrogens with zero attached hydrogens (tertiary/aromatic N) is 3. The number of aliphatic hydroxyl groups is 2. The predicted molar refractivity (Wildman–Crippen MR) is 134 cm³/mol. The van der Waals surface area contributed by atoms with Crippen molar-refractivity contribution in [2.24, 2.45) is 5.92 Å². The molecule has 0 radical (unpaired) electrons. The maximum atomic E-state index is 14.6. The number of hydrogen-bond acceptors (Lipinski definition) is 8. The molecule has 202 valence electrons. The molecule has 0 unspecified atom stereocenters. The van der Waals surface area contributed by atoms with Crippen LogP contribution in [-0.4, -0.2) is 87.4 Å². The van der Waals surface area contributed by atoms with E-state index in [9.17, 15) is 19.1 Å². The van der Waals surface area contributed by atoms with Crippen molar-refractivity contribution in [2.45, 2.75) is 38.3 Å². The minimum atomic E-state index is -0.989. The van der Waals surface area contributed by atoms with Gasteiger partial charge in [-0.3, -0.25) is 9.59 Å². The molecule has 38 heavy (non-hydrogen) atoms. The Labute approximate surface area is 218 Å². The number of fused-ring (bicyclic) bond motifs is 1. The highest BCUT2D eigenvalue weighted by molar-refractivity contribution is 6.09. The number of likely N-dealkylation sites (tertiary alicyclic amines) is 1. The van der Waals surface area contributed by atoms with Crippen LogP contribution in [0.3, 0.4) is 0 Å². The molecule has 11 nitrogen and oxygen atoms in total. The monoisotopic (exact) mass is 527 g/mol. The van der Waals surface area contributed by atoms with E-state index < -0.39 is 36.4 Å². The van der Waals surface area contributed by atoms with Crippen molar-refractivity contribution in [1.82, 2.24) is 25.2 Å². The highest BCUT2D eigenvalue weighted by Crippen LogP contribution is 2.39. The molecule has 2 aliphatic rings. The van der Waals surface area contributed by atoms with Crippen LogP contribution in [0.2, 0.25) is 0 Å². The Morgan fingerprint density at radius 2 is 2.03 bits per heavy atom. The molecular formula is C26H30FN5O6. The fraction of sp³-hybridized carbons (Fsp3) is 0.462. The highest BCUT2D eigenvalue weighted by atomic mass is 19.1. The minimum absolute atomic E-state index is 0.0135. The third kappa shape index (κ3) is 5.01. The lowest BCUT2D eigenvalue weighted by Gasteiger charge is -2.36. The Balaban J connectivity index is 1.46. The number of aromatic nitrogens is 3. The minimum Gasteiger partial charge on any atom is -0.494 e. The topological polar surface area (TPSA) is 150 Å². The Morgan fingerprint density at radius 3 is 2.71 bits per heavy atom. The van der Waals surface area contributed by atoms with Gasteiger partial charge >= 0.3 is 0 Å². The molecule has 2 fully saturated rings. The second kappa shape index (κ2) is 10.5. The summed E-state index contributed by atoms with van der Waals surface area (Å²) in [6, 6.07) is 2.22. The standard InChI is InChI=1S/C26H30FN5O6/c1-13-22(26(36)31-17-5-6-32(9-18(17)34)21(35)10-33)24-25(30-13)23(28-12-29-24)15-7-20(37-2)16(27)8-19(15)38-11-14-3-4-14/h7-8,12,14,17-18,30,33-34H,3-6,9-11H2,1-2H3,(H,31,36)/t17-,18-/m1/s1. The lowest BCUT2D eigenvalue weighted by atomic mass is 10.0. The number of carbonyl (C=O) groups excluding carboxylic acids is 2. The van der Waals surface area contributed by atoms with Gasteiger partial charge in [0.2, 0.25) is 5.91 Å².